The Morgan fingerprint density at radius 1 is 1.14 bits per heavy atom. The molecule has 0 aliphatic rings. The average Bonchev–Trinajstić information content (AvgIpc) is 3.28. The lowest BCUT2D eigenvalue weighted by Crippen LogP contribution is -2.14. The number of carbonyl (C=O) groups excluding carboxylic acids is 1. The van der Waals surface area contributed by atoms with Gasteiger partial charge in [-0.3, -0.25) is 10.1 Å². The van der Waals surface area contributed by atoms with E-state index in [9.17, 15) is 4.79 Å². The smallest absolute Gasteiger partial charge is 0.258 e. The molecule has 2 aromatic heterocycles. The molecule has 0 atom stereocenters. The third kappa shape index (κ3) is 3.29. The summed E-state index contributed by atoms with van der Waals surface area (Å²) in [6, 6.07) is 15.1. The van der Waals surface area contributed by atoms with Crippen LogP contribution in [0.4, 0.5) is 11.6 Å². The van der Waals surface area contributed by atoms with Crippen molar-refractivity contribution in [3.8, 4) is 17.0 Å². The highest BCUT2D eigenvalue weighted by atomic mass is 32.1. The molecule has 2 heterocycles. The first-order valence-electron chi connectivity index (χ1n) is 8.63. The minimum absolute atomic E-state index is 0.248. The van der Waals surface area contributed by atoms with Gasteiger partial charge in [0.05, 0.1) is 12.8 Å². The van der Waals surface area contributed by atoms with E-state index in [1.165, 1.54) is 11.3 Å². The van der Waals surface area contributed by atoms with Crippen molar-refractivity contribution in [2.24, 2.45) is 0 Å². The maximum absolute atomic E-state index is 12.5. The lowest BCUT2D eigenvalue weighted by Gasteiger charge is -2.12. The first-order chi connectivity index (χ1) is 13.6. The highest BCUT2D eigenvalue weighted by Crippen LogP contribution is 2.32. The van der Waals surface area contributed by atoms with Crippen LogP contribution in [0, 0.1) is 0 Å². The molecule has 142 valence electrons. The Morgan fingerprint density at radius 2 is 1.89 bits per heavy atom. The molecule has 8 heteroatoms. The predicted molar refractivity (Wildman–Crippen MR) is 112 cm³/mol. The molecule has 28 heavy (non-hydrogen) atoms. The number of anilines is 2. The number of benzene rings is 2. The summed E-state index contributed by atoms with van der Waals surface area (Å²) >= 11 is 1.45. The van der Waals surface area contributed by atoms with Crippen LogP contribution in [0.3, 0.4) is 0 Å². The van der Waals surface area contributed by atoms with Crippen LogP contribution in [0.25, 0.3) is 16.2 Å². The molecule has 4 aromatic rings. The molecule has 0 spiro atoms. The van der Waals surface area contributed by atoms with Crippen LogP contribution in [0.15, 0.2) is 53.9 Å². The maximum Gasteiger partial charge on any atom is 0.258 e. The zero-order chi connectivity index (χ0) is 19.7. The molecule has 0 saturated carbocycles. The molecule has 4 rings (SSSR count). The Balaban J connectivity index is 1.60. The summed E-state index contributed by atoms with van der Waals surface area (Å²) in [5.74, 6) is 0.774. The minimum atomic E-state index is -0.248. The van der Waals surface area contributed by atoms with Gasteiger partial charge >= 0.3 is 0 Å². The maximum atomic E-state index is 12.5. The van der Waals surface area contributed by atoms with Gasteiger partial charge < -0.3 is 9.64 Å². The van der Waals surface area contributed by atoms with E-state index in [0.29, 0.717) is 10.5 Å². The first kappa shape index (κ1) is 18.0. The monoisotopic (exact) mass is 393 g/mol. The standard InChI is InChI=1S/C20H19N5O2S/c1-24(2)14-10-8-13(9-11-14)18(26)21-19-22-20-25(23-19)16(12-28-20)15-6-4-5-7-17(15)27-3/h4-12H,1-3H3,(H,21,23,26). The molecule has 2 aromatic carbocycles. The molecule has 1 N–H and O–H groups in total. The molecule has 0 fully saturated rings. The van der Waals surface area contributed by atoms with Crippen LogP contribution in [0.1, 0.15) is 10.4 Å². The van der Waals surface area contributed by atoms with Gasteiger partial charge in [-0.15, -0.1) is 16.4 Å². The lowest BCUT2D eigenvalue weighted by atomic mass is 10.1. The van der Waals surface area contributed by atoms with Gasteiger partial charge in [-0.1, -0.05) is 12.1 Å². The number of thiazole rings is 1. The van der Waals surface area contributed by atoms with E-state index in [4.69, 9.17) is 4.74 Å². The predicted octanol–water partition coefficient (Wildman–Crippen LogP) is 3.78. The van der Waals surface area contributed by atoms with Gasteiger partial charge in [0, 0.05) is 36.3 Å². The molecular weight excluding hydrogens is 374 g/mol. The van der Waals surface area contributed by atoms with Crippen molar-refractivity contribution in [1.82, 2.24) is 14.6 Å². The first-order valence-corrected chi connectivity index (χ1v) is 9.51. The zero-order valence-corrected chi connectivity index (χ0v) is 16.5. The number of hydrogen-bond acceptors (Lipinski definition) is 6. The molecular formula is C20H19N5O2S. The Labute approximate surface area is 166 Å². The molecule has 7 nitrogen and oxygen atoms in total. The van der Waals surface area contributed by atoms with Crippen LogP contribution in [-0.2, 0) is 0 Å². The van der Waals surface area contributed by atoms with Crippen molar-refractivity contribution in [2.75, 3.05) is 31.4 Å². The van der Waals surface area contributed by atoms with E-state index >= 15 is 0 Å². The highest BCUT2D eigenvalue weighted by Gasteiger charge is 2.16. The third-order valence-electron chi connectivity index (χ3n) is 4.34. The molecule has 0 saturated heterocycles. The Bertz CT molecular complexity index is 1130. The quantitative estimate of drug-likeness (QED) is 0.559. The van der Waals surface area contributed by atoms with E-state index in [0.717, 1.165) is 22.7 Å². The number of amides is 1. The van der Waals surface area contributed by atoms with Crippen LogP contribution in [0.2, 0.25) is 0 Å². The van der Waals surface area contributed by atoms with Gasteiger partial charge in [-0.2, -0.15) is 4.98 Å². The van der Waals surface area contributed by atoms with E-state index in [2.05, 4.69) is 15.4 Å². The largest absolute Gasteiger partial charge is 0.496 e. The SMILES string of the molecule is COc1ccccc1-c1csc2nc(NC(=O)c3ccc(N(C)C)cc3)nn12. The van der Waals surface area contributed by atoms with Gasteiger partial charge in [0.25, 0.3) is 11.9 Å². The number of aromatic nitrogens is 3. The number of para-hydroxylation sites is 1. The van der Waals surface area contributed by atoms with Crippen LogP contribution in [-0.4, -0.2) is 41.7 Å². The molecule has 0 radical (unpaired) electrons. The fraction of sp³-hybridized carbons (Fsp3) is 0.150. The van der Waals surface area contributed by atoms with Gasteiger partial charge in [-0.25, -0.2) is 4.52 Å². The summed E-state index contributed by atoms with van der Waals surface area (Å²) in [4.78, 5) is 19.6. The molecule has 0 aliphatic carbocycles. The van der Waals surface area contributed by atoms with Gasteiger partial charge in [0.1, 0.15) is 5.75 Å². The summed E-state index contributed by atoms with van der Waals surface area (Å²) in [7, 11) is 5.54. The normalized spacial score (nSPS) is 10.8. The number of hydrogen-bond donors (Lipinski definition) is 1. The Hall–Kier alpha value is -3.39. The van der Waals surface area contributed by atoms with Crippen molar-refractivity contribution in [1.29, 1.82) is 0 Å². The lowest BCUT2D eigenvalue weighted by molar-refractivity contribution is 0.102. The Kier molecular flexibility index (Phi) is 4.70. The van der Waals surface area contributed by atoms with Gasteiger partial charge in [-0.05, 0) is 36.4 Å². The number of ether oxygens (including phenoxy) is 1. The van der Waals surface area contributed by atoms with Crippen molar-refractivity contribution in [3.05, 3.63) is 59.5 Å². The number of fused-ring (bicyclic) bond motifs is 1. The van der Waals surface area contributed by atoms with Gasteiger partial charge in [0.15, 0.2) is 0 Å². The van der Waals surface area contributed by atoms with E-state index < -0.39 is 0 Å². The van der Waals surface area contributed by atoms with Crippen LogP contribution < -0.4 is 15.0 Å². The van der Waals surface area contributed by atoms with E-state index in [-0.39, 0.29) is 11.9 Å². The van der Waals surface area contributed by atoms with Crippen molar-refractivity contribution >= 4 is 33.8 Å². The second-order valence-electron chi connectivity index (χ2n) is 6.35. The second kappa shape index (κ2) is 7.32. The summed E-state index contributed by atoms with van der Waals surface area (Å²) in [5.41, 5.74) is 3.35. The fourth-order valence-corrected chi connectivity index (χ4v) is 3.68. The number of carbonyl (C=O) groups is 1. The highest BCUT2D eigenvalue weighted by molar-refractivity contribution is 7.15. The number of rotatable bonds is 5. The fourth-order valence-electron chi connectivity index (χ4n) is 2.86. The second-order valence-corrected chi connectivity index (χ2v) is 7.18. The summed E-state index contributed by atoms with van der Waals surface area (Å²) in [5, 5.41) is 9.20. The summed E-state index contributed by atoms with van der Waals surface area (Å²) in [6.45, 7) is 0. The molecule has 0 unspecified atom stereocenters. The number of nitrogens with one attached hydrogen (secondary N) is 1. The van der Waals surface area contributed by atoms with E-state index in [1.54, 1.807) is 23.8 Å². The van der Waals surface area contributed by atoms with Crippen molar-refractivity contribution in [3.63, 3.8) is 0 Å². The number of nitrogens with zero attached hydrogens (tertiary/aromatic N) is 4. The third-order valence-corrected chi connectivity index (χ3v) is 5.15. The van der Waals surface area contributed by atoms with Crippen molar-refractivity contribution in [2.45, 2.75) is 0 Å². The van der Waals surface area contributed by atoms with Gasteiger partial charge in [0.2, 0.25) is 4.96 Å². The van der Waals surface area contributed by atoms with E-state index in [1.807, 2.05) is 60.8 Å². The average molecular weight is 393 g/mol. The summed E-state index contributed by atoms with van der Waals surface area (Å²) < 4.78 is 7.16. The zero-order valence-electron chi connectivity index (χ0n) is 15.7. The molecule has 1 amide bonds. The molecule has 0 aliphatic heterocycles. The Morgan fingerprint density at radius 3 is 2.61 bits per heavy atom. The van der Waals surface area contributed by atoms with Crippen LogP contribution in [0.5, 0.6) is 5.75 Å². The summed E-state index contributed by atoms with van der Waals surface area (Å²) in [6.07, 6.45) is 0. The minimum Gasteiger partial charge on any atom is -0.496 e. The molecule has 0 bridgehead atoms. The van der Waals surface area contributed by atoms with Crippen LogP contribution >= 0.6 is 11.3 Å². The number of methoxy groups -OCH3 is 1. The topological polar surface area (TPSA) is 71.8 Å². The van der Waals surface area contributed by atoms with Crippen molar-refractivity contribution < 1.29 is 9.53 Å².